The Hall–Kier alpha value is -0.630. The van der Waals surface area contributed by atoms with Crippen LogP contribution in [0.25, 0.3) is 0 Å². The highest BCUT2D eigenvalue weighted by Gasteiger charge is 2.51. The van der Waals surface area contributed by atoms with Crippen LogP contribution in [-0.2, 0) is 13.6 Å². The average molecular weight is 397 g/mol. The lowest BCUT2D eigenvalue weighted by Gasteiger charge is -2.44. The first-order chi connectivity index (χ1) is 12.6. The van der Waals surface area contributed by atoms with Crippen molar-refractivity contribution in [3.8, 4) is 0 Å². The van der Waals surface area contributed by atoms with Crippen LogP contribution in [0.1, 0.15) is 74.7 Å². The Kier molecular flexibility index (Phi) is 9.25. The van der Waals surface area contributed by atoms with E-state index >= 15 is 0 Å². The van der Waals surface area contributed by atoms with Crippen LogP contribution >= 0.6 is 7.60 Å². The average Bonchev–Trinajstić information content (AvgIpc) is 2.88. The molecule has 2 unspecified atom stereocenters. The van der Waals surface area contributed by atoms with E-state index in [0.717, 1.165) is 19.3 Å². The van der Waals surface area contributed by atoms with Crippen LogP contribution < -0.4 is 0 Å². The zero-order valence-corrected chi connectivity index (χ0v) is 19.6. The molecule has 0 aromatic heterocycles. The predicted octanol–water partition coefficient (Wildman–Crippen LogP) is 7.55. The summed E-state index contributed by atoms with van der Waals surface area (Å²) in [5.41, 5.74) is 1.36. The SMILES string of the molecule is CCOP(=O)(OCC)C(C)(C)C(CC(C)(C)C(C)CC)C1=CCC=CC=C1. The number of hydrogen-bond acceptors (Lipinski definition) is 3. The summed E-state index contributed by atoms with van der Waals surface area (Å²) < 4.78 is 25.4. The third-order valence-electron chi connectivity index (χ3n) is 6.26. The molecule has 0 aliphatic heterocycles. The second-order valence-corrected chi connectivity index (χ2v) is 11.4. The molecule has 1 aliphatic carbocycles. The summed E-state index contributed by atoms with van der Waals surface area (Å²) in [5, 5.41) is -0.621. The molecular formula is C23H41O3P. The Bertz CT molecular complexity index is 589. The second-order valence-electron chi connectivity index (χ2n) is 8.77. The highest BCUT2D eigenvalue weighted by molar-refractivity contribution is 7.55. The van der Waals surface area contributed by atoms with E-state index in [2.05, 4.69) is 71.9 Å². The van der Waals surface area contributed by atoms with E-state index in [-0.39, 0.29) is 11.3 Å². The molecule has 2 atom stereocenters. The lowest BCUT2D eigenvalue weighted by Crippen LogP contribution is -2.38. The maximum absolute atomic E-state index is 13.8. The van der Waals surface area contributed by atoms with Crippen molar-refractivity contribution in [1.82, 2.24) is 0 Å². The van der Waals surface area contributed by atoms with Gasteiger partial charge in [0.05, 0.1) is 18.4 Å². The minimum Gasteiger partial charge on any atom is -0.308 e. The summed E-state index contributed by atoms with van der Waals surface area (Å²) in [6, 6.07) is 0. The highest BCUT2D eigenvalue weighted by Crippen LogP contribution is 2.65. The molecule has 3 nitrogen and oxygen atoms in total. The first-order valence-corrected chi connectivity index (χ1v) is 12.0. The highest BCUT2D eigenvalue weighted by atomic mass is 31.2. The maximum atomic E-state index is 13.8. The fraction of sp³-hybridized carbons (Fsp3) is 0.739. The smallest absolute Gasteiger partial charge is 0.308 e. The molecule has 0 fully saturated rings. The number of allylic oxidation sites excluding steroid dienone is 6. The minimum atomic E-state index is -3.28. The molecule has 1 rings (SSSR count). The zero-order chi connectivity index (χ0) is 20.7. The Labute approximate surface area is 167 Å². The van der Waals surface area contributed by atoms with Crippen LogP contribution in [-0.4, -0.2) is 18.4 Å². The van der Waals surface area contributed by atoms with E-state index in [1.54, 1.807) is 0 Å². The molecule has 4 heteroatoms. The van der Waals surface area contributed by atoms with Crippen molar-refractivity contribution in [3.63, 3.8) is 0 Å². The van der Waals surface area contributed by atoms with Crippen LogP contribution in [0.3, 0.4) is 0 Å². The number of hydrogen-bond donors (Lipinski definition) is 0. The molecule has 0 aromatic rings. The summed E-state index contributed by atoms with van der Waals surface area (Å²) >= 11 is 0. The molecule has 0 spiro atoms. The lowest BCUT2D eigenvalue weighted by molar-refractivity contribution is 0.146. The second kappa shape index (κ2) is 10.2. The predicted molar refractivity (Wildman–Crippen MR) is 117 cm³/mol. The van der Waals surface area contributed by atoms with Crippen molar-refractivity contribution in [2.45, 2.75) is 79.8 Å². The minimum absolute atomic E-state index is 0.0848. The quantitative estimate of drug-likeness (QED) is 0.338. The summed E-state index contributed by atoms with van der Waals surface area (Å²) in [4.78, 5) is 0. The van der Waals surface area contributed by atoms with E-state index in [4.69, 9.17) is 9.05 Å². The maximum Gasteiger partial charge on any atom is 0.336 e. The molecule has 0 saturated carbocycles. The van der Waals surface area contributed by atoms with Gasteiger partial charge in [0.2, 0.25) is 0 Å². The van der Waals surface area contributed by atoms with E-state index in [9.17, 15) is 4.57 Å². The van der Waals surface area contributed by atoms with Gasteiger partial charge in [-0.3, -0.25) is 4.57 Å². The van der Waals surface area contributed by atoms with Crippen LogP contribution in [0.4, 0.5) is 0 Å². The molecule has 0 radical (unpaired) electrons. The summed E-state index contributed by atoms with van der Waals surface area (Å²) in [6.07, 6.45) is 13.7. The fourth-order valence-electron chi connectivity index (χ4n) is 3.81. The van der Waals surface area contributed by atoms with Gasteiger partial charge in [0.1, 0.15) is 0 Å². The van der Waals surface area contributed by atoms with Crippen molar-refractivity contribution in [1.29, 1.82) is 0 Å². The summed E-state index contributed by atoms with van der Waals surface area (Å²) in [7, 11) is -3.28. The van der Waals surface area contributed by atoms with Gasteiger partial charge in [0.25, 0.3) is 0 Å². The molecule has 0 saturated heterocycles. The van der Waals surface area contributed by atoms with Gasteiger partial charge < -0.3 is 9.05 Å². The zero-order valence-electron chi connectivity index (χ0n) is 18.7. The Morgan fingerprint density at radius 2 is 1.67 bits per heavy atom. The Balaban J connectivity index is 3.42. The van der Waals surface area contributed by atoms with Crippen molar-refractivity contribution in [2.24, 2.45) is 17.3 Å². The molecule has 156 valence electrons. The molecule has 0 bridgehead atoms. The third-order valence-corrected chi connectivity index (χ3v) is 9.18. The van der Waals surface area contributed by atoms with Crippen LogP contribution in [0.2, 0.25) is 0 Å². The fourth-order valence-corrected chi connectivity index (χ4v) is 5.85. The topological polar surface area (TPSA) is 35.5 Å². The standard InChI is InChI=1S/C23H41O3P/c1-9-19(4)22(5,6)18-21(20-16-14-12-13-15-17-20)23(7,8)27(24,25-10-2)26-11-3/h12-14,16-17,19,21H,9-11,15,18H2,1-8H3. The molecule has 0 N–H and O–H groups in total. The molecule has 1 aliphatic rings. The van der Waals surface area contributed by atoms with Crippen molar-refractivity contribution in [2.75, 3.05) is 13.2 Å². The Morgan fingerprint density at radius 1 is 1.07 bits per heavy atom. The molecule has 0 heterocycles. The van der Waals surface area contributed by atoms with Gasteiger partial charge in [-0.1, -0.05) is 64.5 Å². The van der Waals surface area contributed by atoms with Gasteiger partial charge >= 0.3 is 7.60 Å². The van der Waals surface area contributed by atoms with Crippen molar-refractivity contribution >= 4 is 7.60 Å². The van der Waals surface area contributed by atoms with E-state index < -0.39 is 12.8 Å². The van der Waals surface area contributed by atoms with Crippen LogP contribution in [0, 0.1) is 17.3 Å². The van der Waals surface area contributed by atoms with E-state index in [1.165, 1.54) is 5.57 Å². The molecule has 0 aromatic carbocycles. The van der Waals surface area contributed by atoms with Crippen LogP contribution in [0.15, 0.2) is 36.0 Å². The van der Waals surface area contributed by atoms with E-state index in [0.29, 0.717) is 19.1 Å². The third kappa shape index (κ3) is 5.92. The van der Waals surface area contributed by atoms with Gasteiger partial charge in [0.15, 0.2) is 0 Å². The summed E-state index contributed by atoms with van der Waals surface area (Å²) in [6.45, 7) is 17.9. The molecular weight excluding hydrogens is 355 g/mol. The van der Waals surface area contributed by atoms with Crippen molar-refractivity contribution < 1.29 is 13.6 Å². The molecule has 0 amide bonds. The normalized spacial score (nSPS) is 18.1. The van der Waals surface area contributed by atoms with Gasteiger partial charge in [0, 0.05) is 5.92 Å². The largest absolute Gasteiger partial charge is 0.336 e. The summed E-state index contributed by atoms with van der Waals surface area (Å²) in [5.74, 6) is 0.657. The van der Waals surface area contributed by atoms with Gasteiger partial charge in [-0.2, -0.15) is 0 Å². The lowest BCUT2D eigenvalue weighted by atomic mass is 9.68. The van der Waals surface area contributed by atoms with E-state index in [1.807, 2.05) is 13.8 Å². The van der Waals surface area contributed by atoms with Gasteiger partial charge in [-0.25, -0.2) is 0 Å². The van der Waals surface area contributed by atoms with Crippen LogP contribution in [0.5, 0.6) is 0 Å². The molecule has 27 heavy (non-hydrogen) atoms. The van der Waals surface area contributed by atoms with Gasteiger partial charge in [-0.15, -0.1) is 0 Å². The van der Waals surface area contributed by atoms with Crippen molar-refractivity contribution in [3.05, 3.63) is 36.0 Å². The first kappa shape index (κ1) is 24.4. The number of rotatable bonds is 11. The monoisotopic (exact) mass is 396 g/mol. The Morgan fingerprint density at radius 3 is 2.19 bits per heavy atom. The van der Waals surface area contributed by atoms with Gasteiger partial charge in [-0.05, 0) is 57.4 Å². The first-order valence-electron chi connectivity index (χ1n) is 10.5.